The molecule has 2 aromatic carbocycles. The number of hydrogen-bond acceptors (Lipinski definition) is 5. The molecule has 36 heavy (non-hydrogen) atoms. The molecular weight excluding hydrogens is 475 g/mol. The molecule has 3 aromatic rings. The van der Waals surface area contributed by atoms with Gasteiger partial charge in [0.1, 0.15) is 11.6 Å². The van der Waals surface area contributed by atoms with Crippen LogP contribution in [0.25, 0.3) is 10.9 Å². The van der Waals surface area contributed by atoms with Gasteiger partial charge in [-0.3, -0.25) is 9.78 Å². The number of rotatable bonds is 12. The number of likely N-dealkylation sites (tertiary alicyclic amines) is 1. The lowest BCUT2D eigenvalue weighted by Gasteiger charge is -2.39. The molecule has 0 amide bonds. The number of carboxylic acids is 1. The first-order chi connectivity index (χ1) is 17.5. The molecule has 2 unspecified atom stereocenters. The van der Waals surface area contributed by atoms with Crippen molar-refractivity contribution < 1.29 is 19.0 Å². The second kappa shape index (κ2) is 13.1. The van der Waals surface area contributed by atoms with Crippen molar-refractivity contribution in [1.29, 1.82) is 0 Å². The molecule has 0 aliphatic carbocycles. The molecule has 1 aliphatic heterocycles. The number of thioether (sulfide) groups is 1. The highest BCUT2D eigenvalue weighted by atomic mass is 32.2. The normalized spacial score (nSPS) is 18.4. The van der Waals surface area contributed by atoms with E-state index in [1.165, 1.54) is 11.6 Å². The van der Waals surface area contributed by atoms with Crippen LogP contribution in [0.2, 0.25) is 0 Å². The second-order valence-electron chi connectivity index (χ2n) is 9.59. The molecule has 1 fully saturated rings. The molecule has 1 aliphatic rings. The van der Waals surface area contributed by atoms with Crippen molar-refractivity contribution in [2.45, 2.75) is 43.4 Å². The summed E-state index contributed by atoms with van der Waals surface area (Å²) in [5.41, 5.74) is 2.27. The number of carbonyl (C=O) groups is 1. The Morgan fingerprint density at radius 3 is 2.89 bits per heavy atom. The van der Waals surface area contributed by atoms with Gasteiger partial charge in [-0.15, -0.1) is 11.8 Å². The number of methoxy groups -OCH3 is 1. The van der Waals surface area contributed by atoms with Gasteiger partial charge in [0.25, 0.3) is 0 Å². The van der Waals surface area contributed by atoms with E-state index < -0.39 is 5.97 Å². The van der Waals surface area contributed by atoms with Crippen LogP contribution in [0.4, 0.5) is 4.39 Å². The summed E-state index contributed by atoms with van der Waals surface area (Å²) in [4.78, 5) is 19.2. The number of halogens is 1. The zero-order chi connectivity index (χ0) is 25.3. The molecule has 5 nitrogen and oxygen atoms in total. The van der Waals surface area contributed by atoms with Crippen molar-refractivity contribution in [3.05, 3.63) is 66.1 Å². The number of carboxylic acid groups (broad SMARTS) is 1. The summed E-state index contributed by atoms with van der Waals surface area (Å²) in [5, 5.41) is 10.4. The van der Waals surface area contributed by atoms with E-state index in [1.54, 1.807) is 31.0 Å². The summed E-state index contributed by atoms with van der Waals surface area (Å²) in [7, 11) is 1.68. The quantitative estimate of drug-likeness (QED) is 0.289. The Balaban J connectivity index is 1.31. The van der Waals surface area contributed by atoms with Crippen molar-refractivity contribution >= 4 is 28.6 Å². The molecule has 0 saturated carbocycles. The number of aryl methyl sites for hydroxylation is 1. The van der Waals surface area contributed by atoms with Crippen molar-refractivity contribution in [3.63, 3.8) is 0 Å². The monoisotopic (exact) mass is 510 g/mol. The topological polar surface area (TPSA) is 62.7 Å². The average Bonchev–Trinajstić information content (AvgIpc) is 2.88. The van der Waals surface area contributed by atoms with Gasteiger partial charge in [-0.05, 0) is 98.5 Å². The van der Waals surface area contributed by atoms with Crippen LogP contribution in [0.3, 0.4) is 0 Å². The third kappa shape index (κ3) is 7.43. The maximum atomic E-state index is 13.4. The van der Waals surface area contributed by atoms with Crippen LogP contribution in [0.5, 0.6) is 5.75 Å². The Hall–Kier alpha value is -2.64. The number of fused-ring (bicyclic) bond motifs is 1. The fourth-order valence-corrected chi connectivity index (χ4v) is 6.26. The minimum Gasteiger partial charge on any atom is -0.497 e. The van der Waals surface area contributed by atoms with Crippen molar-refractivity contribution in [3.8, 4) is 5.75 Å². The second-order valence-corrected chi connectivity index (χ2v) is 10.8. The van der Waals surface area contributed by atoms with Gasteiger partial charge in [0.05, 0.1) is 12.6 Å². The molecule has 1 N–H and O–H groups in total. The summed E-state index contributed by atoms with van der Waals surface area (Å²) < 4.78 is 18.8. The molecule has 0 spiro atoms. The van der Waals surface area contributed by atoms with E-state index in [4.69, 9.17) is 4.74 Å². The lowest BCUT2D eigenvalue weighted by atomic mass is 9.79. The Kier molecular flexibility index (Phi) is 9.59. The number of aromatic nitrogens is 1. The molecule has 2 atom stereocenters. The molecular formula is C29H35FN2O3S. The Morgan fingerprint density at radius 2 is 2.08 bits per heavy atom. The third-order valence-corrected chi connectivity index (χ3v) is 8.21. The number of aliphatic carboxylic acids is 1. The van der Waals surface area contributed by atoms with Crippen LogP contribution in [-0.4, -0.2) is 53.5 Å². The van der Waals surface area contributed by atoms with Gasteiger partial charge in [0.15, 0.2) is 0 Å². The van der Waals surface area contributed by atoms with Gasteiger partial charge >= 0.3 is 5.97 Å². The summed E-state index contributed by atoms with van der Waals surface area (Å²) in [6.45, 7) is 2.91. The molecule has 4 rings (SSSR count). The van der Waals surface area contributed by atoms with Gasteiger partial charge in [-0.1, -0.05) is 6.07 Å². The van der Waals surface area contributed by atoms with Gasteiger partial charge in [0.2, 0.25) is 0 Å². The van der Waals surface area contributed by atoms with Crippen molar-refractivity contribution in [1.82, 2.24) is 9.88 Å². The Bertz CT molecular complexity index is 1160. The zero-order valence-corrected chi connectivity index (χ0v) is 21.7. The van der Waals surface area contributed by atoms with Crippen LogP contribution in [-0.2, 0) is 11.2 Å². The third-order valence-electron chi connectivity index (χ3n) is 7.24. The largest absolute Gasteiger partial charge is 0.497 e. The lowest BCUT2D eigenvalue weighted by Crippen LogP contribution is -2.41. The van der Waals surface area contributed by atoms with E-state index in [2.05, 4.69) is 22.0 Å². The number of benzene rings is 2. The molecule has 1 saturated heterocycles. The average molecular weight is 511 g/mol. The smallest absolute Gasteiger partial charge is 0.303 e. The molecule has 7 heteroatoms. The molecule has 2 heterocycles. The van der Waals surface area contributed by atoms with E-state index in [0.29, 0.717) is 11.8 Å². The number of piperidine rings is 1. The predicted molar refractivity (Wildman–Crippen MR) is 143 cm³/mol. The van der Waals surface area contributed by atoms with Gasteiger partial charge < -0.3 is 14.7 Å². The van der Waals surface area contributed by atoms with Gasteiger partial charge in [-0.25, -0.2) is 4.39 Å². The SMILES string of the molecule is COc1ccc2nccc(CCCC3CCN(CCSc4cccc(F)c4)CC3CCC(=O)O)c2c1. The molecule has 0 bridgehead atoms. The maximum Gasteiger partial charge on any atom is 0.303 e. The van der Waals surface area contributed by atoms with Crippen LogP contribution < -0.4 is 4.74 Å². The van der Waals surface area contributed by atoms with E-state index in [-0.39, 0.29) is 12.2 Å². The number of hydrogen-bond donors (Lipinski definition) is 1. The maximum absolute atomic E-state index is 13.4. The number of ether oxygens (including phenoxy) is 1. The highest BCUT2D eigenvalue weighted by molar-refractivity contribution is 7.99. The zero-order valence-electron chi connectivity index (χ0n) is 20.9. The lowest BCUT2D eigenvalue weighted by molar-refractivity contribution is -0.137. The first-order valence-corrected chi connectivity index (χ1v) is 13.7. The Morgan fingerprint density at radius 1 is 1.19 bits per heavy atom. The highest BCUT2D eigenvalue weighted by Gasteiger charge is 2.29. The van der Waals surface area contributed by atoms with Crippen LogP contribution in [0.15, 0.2) is 59.6 Å². The van der Waals surface area contributed by atoms with Gasteiger partial charge in [-0.2, -0.15) is 0 Å². The molecule has 1 aromatic heterocycles. The highest BCUT2D eigenvalue weighted by Crippen LogP contribution is 2.33. The standard InChI is InChI=1S/C29H35FN2O3S/c1-35-25-9-10-28-27(19-25)22(12-14-31-28)5-2-4-21-13-15-32(20-23(21)8-11-29(33)34)16-17-36-26-7-3-6-24(30)18-26/h3,6-7,9-10,12,14,18-19,21,23H,2,4-5,8,11,13,15-17,20H2,1H3,(H,33,34). The summed E-state index contributed by atoms with van der Waals surface area (Å²) in [6, 6.07) is 14.8. The van der Waals surface area contributed by atoms with E-state index >= 15 is 0 Å². The summed E-state index contributed by atoms with van der Waals surface area (Å²) >= 11 is 1.67. The van der Waals surface area contributed by atoms with Crippen LogP contribution in [0.1, 0.15) is 37.7 Å². The first-order valence-electron chi connectivity index (χ1n) is 12.8. The van der Waals surface area contributed by atoms with E-state index in [0.717, 1.165) is 79.0 Å². The first kappa shape index (κ1) is 26.4. The predicted octanol–water partition coefficient (Wildman–Crippen LogP) is 6.30. The Labute approximate surface area is 217 Å². The summed E-state index contributed by atoms with van der Waals surface area (Å²) in [5.74, 6) is 1.76. The van der Waals surface area contributed by atoms with Crippen LogP contribution >= 0.6 is 11.8 Å². The summed E-state index contributed by atoms with van der Waals surface area (Å²) in [6.07, 6.45) is 7.07. The fraction of sp³-hybridized carbons (Fsp3) is 0.448. The number of nitrogens with zero attached hydrogens (tertiary/aromatic N) is 2. The van der Waals surface area contributed by atoms with Crippen molar-refractivity contribution in [2.24, 2.45) is 11.8 Å². The fourth-order valence-electron chi connectivity index (χ4n) is 5.31. The van der Waals surface area contributed by atoms with E-state index in [9.17, 15) is 14.3 Å². The van der Waals surface area contributed by atoms with Gasteiger partial charge in [0, 0.05) is 41.7 Å². The molecule has 192 valence electrons. The molecule has 0 radical (unpaired) electrons. The minimum absolute atomic E-state index is 0.201. The number of pyridine rings is 1. The van der Waals surface area contributed by atoms with E-state index in [1.807, 2.05) is 24.4 Å². The van der Waals surface area contributed by atoms with Crippen LogP contribution in [0, 0.1) is 17.7 Å². The van der Waals surface area contributed by atoms with Crippen molar-refractivity contribution in [2.75, 3.05) is 32.5 Å². The minimum atomic E-state index is -0.718.